The molecule has 0 aromatic heterocycles. The number of hydrogen-bond acceptors (Lipinski definition) is 8. The molecule has 41 heavy (non-hydrogen) atoms. The molecule has 14 nitrogen and oxygen atoms in total. The van der Waals surface area contributed by atoms with E-state index in [9.17, 15) is 34.5 Å². The Bertz CT molecular complexity index is 1190. The summed E-state index contributed by atoms with van der Waals surface area (Å²) in [6, 6.07) is 9.63. The summed E-state index contributed by atoms with van der Waals surface area (Å²) in [6.07, 6.45) is 0.286. The number of rotatable bonds is 16. The largest absolute Gasteiger partial charge is 0.508 e. The van der Waals surface area contributed by atoms with Crippen LogP contribution in [0, 0.1) is 0 Å². The molecule has 4 atom stereocenters. The minimum Gasteiger partial charge on any atom is -0.508 e. The van der Waals surface area contributed by atoms with Gasteiger partial charge in [0.05, 0.1) is 6.61 Å². The van der Waals surface area contributed by atoms with Gasteiger partial charge in [-0.15, -0.1) is 0 Å². The molecule has 0 bridgehead atoms. The lowest BCUT2D eigenvalue weighted by molar-refractivity contribution is -0.142. The predicted octanol–water partition coefficient (Wildman–Crippen LogP) is -1.91. The highest BCUT2D eigenvalue weighted by atomic mass is 16.4. The van der Waals surface area contributed by atoms with Gasteiger partial charge in [-0.05, 0) is 36.1 Å². The number of carboxylic acid groups (broad SMARTS) is 1. The molecule has 0 saturated carbocycles. The summed E-state index contributed by atoms with van der Waals surface area (Å²) in [5, 5.41) is 36.1. The van der Waals surface area contributed by atoms with E-state index in [1.165, 1.54) is 12.1 Å². The fraction of sp³-hybridized carbons (Fsp3) is 0.370. The lowest BCUT2D eigenvalue weighted by atomic mass is 10.0. The quantitative estimate of drug-likeness (QED) is 0.0613. The van der Waals surface area contributed by atoms with Crippen molar-refractivity contribution in [3.63, 3.8) is 0 Å². The first kappa shape index (κ1) is 32.5. The number of aromatic hydroxyl groups is 1. The third-order valence-corrected chi connectivity index (χ3v) is 6.02. The maximum Gasteiger partial charge on any atom is 0.326 e. The van der Waals surface area contributed by atoms with Crippen LogP contribution in [0.2, 0.25) is 0 Å². The van der Waals surface area contributed by atoms with E-state index >= 15 is 0 Å². The molecule has 2 aromatic carbocycles. The third kappa shape index (κ3) is 11.5. The van der Waals surface area contributed by atoms with Crippen molar-refractivity contribution in [2.75, 3.05) is 13.2 Å². The van der Waals surface area contributed by atoms with Crippen molar-refractivity contribution < 1.29 is 34.5 Å². The van der Waals surface area contributed by atoms with E-state index in [4.69, 9.17) is 17.2 Å². The van der Waals surface area contributed by atoms with Crippen molar-refractivity contribution in [2.45, 2.75) is 49.9 Å². The summed E-state index contributed by atoms with van der Waals surface area (Å²) >= 11 is 0. The number of benzene rings is 2. The van der Waals surface area contributed by atoms with Crippen LogP contribution in [0.25, 0.3) is 0 Å². The minimum absolute atomic E-state index is 0.00337. The van der Waals surface area contributed by atoms with Gasteiger partial charge in [0.15, 0.2) is 5.96 Å². The molecule has 0 spiro atoms. The fourth-order valence-corrected chi connectivity index (χ4v) is 3.81. The van der Waals surface area contributed by atoms with Crippen LogP contribution >= 0.6 is 0 Å². The highest BCUT2D eigenvalue weighted by Gasteiger charge is 2.30. The number of nitrogens with one attached hydrogen (secondary N) is 3. The summed E-state index contributed by atoms with van der Waals surface area (Å²) in [4.78, 5) is 54.9. The van der Waals surface area contributed by atoms with Crippen LogP contribution in [0.3, 0.4) is 0 Å². The van der Waals surface area contributed by atoms with Crippen LogP contribution < -0.4 is 33.2 Å². The Kier molecular flexibility index (Phi) is 13.0. The Morgan fingerprint density at radius 2 is 1.32 bits per heavy atom. The number of aliphatic carboxylic acids is 1. The smallest absolute Gasteiger partial charge is 0.326 e. The summed E-state index contributed by atoms with van der Waals surface area (Å²) < 4.78 is 0. The summed E-state index contributed by atoms with van der Waals surface area (Å²) in [5.41, 5.74) is 17.5. The number of phenolic OH excluding ortho intramolecular Hbond substituents is 1. The van der Waals surface area contributed by atoms with E-state index in [0.29, 0.717) is 11.1 Å². The Hall–Kier alpha value is -4.69. The van der Waals surface area contributed by atoms with Crippen LogP contribution in [-0.2, 0) is 32.0 Å². The first-order valence-electron chi connectivity index (χ1n) is 12.9. The van der Waals surface area contributed by atoms with E-state index in [-0.39, 0.29) is 43.9 Å². The van der Waals surface area contributed by atoms with Gasteiger partial charge in [0, 0.05) is 19.4 Å². The molecule has 0 fully saturated rings. The van der Waals surface area contributed by atoms with Crippen molar-refractivity contribution in [3.8, 4) is 5.75 Å². The number of nitrogens with zero attached hydrogens (tertiary/aromatic N) is 1. The zero-order valence-electron chi connectivity index (χ0n) is 22.4. The molecule has 3 amide bonds. The second-order valence-electron chi connectivity index (χ2n) is 9.32. The van der Waals surface area contributed by atoms with Gasteiger partial charge < -0.3 is 48.5 Å². The summed E-state index contributed by atoms with van der Waals surface area (Å²) in [7, 11) is 0. The molecule has 0 heterocycles. The van der Waals surface area contributed by atoms with Gasteiger partial charge >= 0.3 is 5.97 Å². The first-order chi connectivity index (χ1) is 19.5. The number of phenols is 1. The molecule has 4 unspecified atom stereocenters. The van der Waals surface area contributed by atoms with E-state index in [1.807, 2.05) is 0 Å². The van der Waals surface area contributed by atoms with Gasteiger partial charge in [-0.3, -0.25) is 19.4 Å². The van der Waals surface area contributed by atoms with Gasteiger partial charge in [0.1, 0.15) is 29.9 Å². The van der Waals surface area contributed by atoms with Gasteiger partial charge in [0.2, 0.25) is 17.7 Å². The molecule has 0 radical (unpaired) electrons. The van der Waals surface area contributed by atoms with Gasteiger partial charge in [-0.25, -0.2) is 4.79 Å². The van der Waals surface area contributed by atoms with Crippen LogP contribution in [0.5, 0.6) is 5.75 Å². The molecular formula is C27H37N7O7. The number of nitrogens with two attached hydrogens (primary N) is 3. The first-order valence-corrected chi connectivity index (χ1v) is 12.9. The number of aliphatic hydroxyl groups is 1. The fourth-order valence-electron chi connectivity index (χ4n) is 3.81. The highest BCUT2D eigenvalue weighted by molar-refractivity contribution is 5.94. The Labute approximate surface area is 237 Å². The number of guanidine groups is 1. The van der Waals surface area contributed by atoms with E-state index in [2.05, 4.69) is 20.9 Å². The van der Waals surface area contributed by atoms with Gasteiger partial charge in [-0.2, -0.15) is 0 Å². The van der Waals surface area contributed by atoms with E-state index in [0.717, 1.165) is 0 Å². The molecule has 222 valence electrons. The Morgan fingerprint density at radius 3 is 1.90 bits per heavy atom. The van der Waals surface area contributed by atoms with Crippen molar-refractivity contribution in [1.29, 1.82) is 0 Å². The molecule has 14 heteroatoms. The number of aliphatic imine (C=N–C) groups is 1. The maximum atomic E-state index is 13.4. The summed E-state index contributed by atoms with van der Waals surface area (Å²) in [6.45, 7) is -0.497. The lowest BCUT2D eigenvalue weighted by Crippen LogP contribution is -2.58. The molecule has 0 aliphatic heterocycles. The molecule has 2 rings (SSSR count). The Morgan fingerprint density at radius 1 is 0.780 bits per heavy atom. The van der Waals surface area contributed by atoms with Crippen molar-refractivity contribution in [2.24, 2.45) is 22.2 Å². The molecule has 0 aliphatic rings. The topological polar surface area (TPSA) is 255 Å². The number of carbonyl (C=O) groups excluding carboxylic acids is 3. The molecule has 12 N–H and O–H groups in total. The second-order valence-corrected chi connectivity index (χ2v) is 9.32. The third-order valence-electron chi connectivity index (χ3n) is 6.02. The highest BCUT2D eigenvalue weighted by Crippen LogP contribution is 2.13. The lowest BCUT2D eigenvalue weighted by Gasteiger charge is -2.25. The van der Waals surface area contributed by atoms with Crippen molar-refractivity contribution in [1.82, 2.24) is 16.0 Å². The zero-order chi connectivity index (χ0) is 30.4. The molecule has 0 saturated heterocycles. The molecule has 2 aromatic rings. The summed E-state index contributed by atoms with van der Waals surface area (Å²) in [5.74, 6) is -3.72. The van der Waals surface area contributed by atoms with Crippen LogP contribution in [0.15, 0.2) is 59.6 Å². The van der Waals surface area contributed by atoms with E-state index in [1.54, 1.807) is 42.5 Å². The number of carboxylic acids is 1. The number of amides is 3. The monoisotopic (exact) mass is 571 g/mol. The van der Waals surface area contributed by atoms with Crippen molar-refractivity contribution in [3.05, 3.63) is 65.7 Å². The van der Waals surface area contributed by atoms with Gasteiger partial charge in [-0.1, -0.05) is 42.5 Å². The van der Waals surface area contributed by atoms with Crippen LogP contribution in [0.4, 0.5) is 0 Å². The number of aliphatic hydroxyl groups excluding tert-OH is 1. The molecule has 0 aliphatic carbocycles. The number of carbonyl (C=O) groups is 4. The van der Waals surface area contributed by atoms with Crippen molar-refractivity contribution >= 4 is 29.7 Å². The average molecular weight is 572 g/mol. The standard InChI is InChI=1S/C27H37N7O7/c28-19(15-35)23(37)32-20(7-4-12-31-27(29)30)24(38)33-21(13-17-8-10-18(36)11-9-17)25(39)34-22(26(40)41)14-16-5-2-1-3-6-16/h1-3,5-6,8-11,19-22,35-36H,4,7,12-15,28H2,(H,32,37)(H,33,38)(H,34,39)(H,40,41)(H4,29,30,31). The van der Waals surface area contributed by atoms with E-state index < -0.39 is 54.5 Å². The minimum atomic E-state index is -1.29. The van der Waals surface area contributed by atoms with Crippen LogP contribution in [0.1, 0.15) is 24.0 Å². The van der Waals surface area contributed by atoms with Gasteiger partial charge in [0.25, 0.3) is 0 Å². The average Bonchev–Trinajstić information content (AvgIpc) is 2.94. The van der Waals surface area contributed by atoms with Crippen LogP contribution in [-0.4, -0.2) is 82.3 Å². The number of hydrogen-bond donors (Lipinski definition) is 9. The second kappa shape index (κ2) is 16.4. The molecular weight excluding hydrogens is 534 g/mol. The SMILES string of the molecule is NC(N)=NCCCC(NC(=O)C(N)CO)C(=O)NC(Cc1ccc(O)cc1)C(=O)NC(Cc1ccccc1)C(=O)O. The maximum absolute atomic E-state index is 13.4. The normalized spacial score (nSPS) is 13.6. The predicted molar refractivity (Wildman–Crippen MR) is 150 cm³/mol. The zero-order valence-corrected chi connectivity index (χ0v) is 22.4. The Balaban J connectivity index is 2.27.